The quantitative estimate of drug-likeness (QED) is 0.348. The highest BCUT2D eigenvalue weighted by molar-refractivity contribution is 7.89. The Hall–Kier alpha value is -3.55. The van der Waals surface area contributed by atoms with Crippen molar-refractivity contribution in [1.29, 1.82) is 0 Å². The van der Waals surface area contributed by atoms with E-state index < -0.39 is 45.5 Å². The maximum Gasteiger partial charge on any atom is 0.490 e. The van der Waals surface area contributed by atoms with Crippen LogP contribution in [0.3, 0.4) is 0 Å². The van der Waals surface area contributed by atoms with E-state index in [1.165, 1.54) is 18.3 Å². The molecule has 19 heteroatoms. The van der Waals surface area contributed by atoms with Crippen LogP contribution in [0.2, 0.25) is 0 Å². The van der Waals surface area contributed by atoms with E-state index in [0.29, 0.717) is 36.6 Å². The van der Waals surface area contributed by atoms with E-state index in [1.807, 2.05) is 6.92 Å². The molecule has 242 valence electrons. The second-order valence-electron chi connectivity index (χ2n) is 10.7. The molecule has 0 saturated carbocycles. The lowest BCUT2D eigenvalue weighted by Crippen LogP contribution is -2.55. The van der Waals surface area contributed by atoms with Crippen molar-refractivity contribution in [2.45, 2.75) is 61.9 Å². The molecule has 1 unspecified atom stereocenters. The van der Waals surface area contributed by atoms with Crippen LogP contribution in [-0.2, 0) is 25.7 Å². The third kappa shape index (κ3) is 7.39. The second kappa shape index (κ2) is 12.1. The summed E-state index contributed by atoms with van der Waals surface area (Å²) in [5, 5.41) is 10.7. The maximum atomic E-state index is 13.4. The van der Waals surface area contributed by atoms with Gasteiger partial charge in [0.2, 0.25) is 10.0 Å². The van der Waals surface area contributed by atoms with Gasteiger partial charge >= 0.3 is 18.3 Å². The molecule has 1 aromatic carbocycles. The van der Waals surface area contributed by atoms with E-state index in [9.17, 15) is 34.8 Å². The number of halogens is 6. The predicted octanol–water partition coefficient (Wildman–Crippen LogP) is 3.26. The Balaban J connectivity index is 0.000000566. The van der Waals surface area contributed by atoms with E-state index in [4.69, 9.17) is 20.4 Å². The van der Waals surface area contributed by atoms with Gasteiger partial charge in [0.25, 0.3) is 5.82 Å². The number of carboxylic acids is 1. The number of nitrogens with zero attached hydrogens (tertiary/aromatic N) is 5. The van der Waals surface area contributed by atoms with Crippen LogP contribution < -0.4 is 10.5 Å². The molecular formula is C25H29F6N7O5S. The number of imidazole rings is 1. The van der Waals surface area contributed by atoms with E-state index in [1.54, 1.807) is 13.0 Å². The predicted molar refractivity (Wildman–Crippen MR) is 143 cm³/mol. The summed E-state index contributed by atoms with van der Waals surface area (Å²) in [7, 11) is -3.94. The molecule has 0 radical (unpaired) electrons. The minimum absolute atomic E-state index is 0.00558. The lowest BCUT2D eigenvalue weighted by molar-refractivity contribution is -0.192. The maximum absolute atomic E-state index is 13.4. The molecule has 0 spiro atoms. The zero-order valence-corrected chi connectivity index (χ0v) is 24.2. The number of aryl methyl sites for hydroxylation is 1. The zero-order valence-electron chi connectivity index (χ0n) is 23.4. The lowest BCUT2D eigenvalue weighted by atomic mass is 9.90. The Kier molecular flexibility index (Phi) is 9.16. The summed E-state index contributed by atoms with van der Waals surface area (Å²) < 4.78 is 108. The second-order valence-corrected chi connectivity index (χ2v) is 12.4. The van der Waals surface area contributed by atoms with Crippen molar-refractivity contribution in [1.82, 2.24) is 29.2 Å². The Morgan fingerprint density at radius 3 is 2.36 bits per heavy atom. The number of aliphatic carboxylic acids is 1. The fourth-order valence-electron chi connectivity index (χ4n) is 4.93. The summed E-state index contributed by atoms with van der Waals surface area (Å²) in [6.07, 6.45) is -6.32. The molecule has 12 nitrogen and oxygen atoms in total. The first kappa shape index (κ1) is 33.3. The number of alkyl halides is 6. The first-order valence-corrected chi connectivity index (χ1v) is 14.6. The summed E-state index contributed by atoms with van der Waals surface area (Å²) >= 11 is 0. The standard InChI is InChI=1S/C23H28F3N7O3S.C2HF3O2/c1-14-3-4-16(37(34,35)31-22(2)6-8-32(9-7-22)15-5-10-36-13-15)11-17(14)18-12-28-20-19(27)29-21(23(24,25)26)30-33(18)20;3-2(4,5)1(6)7/h3-4,11-12,15,31H,5-10,13H2,1-2H3,(H2,27,29,30);(H,6,7). The van der Waals surface area contributed by atoms with Gasteiger partial charge in [-0.25, -0.2) is 32.4 Å². The molecule has 2 fully saturated rings. The van der Waals surface area contributed by atoms with Gasteiger partial charge in [0.15, 0.2) is 11.5 Å². The average molecular weight is 654 g/mol. The zero-order chi connectivity index (χ0) is 32.7. The van der Waals surface area contributed by atoms with Gasteiger partial charge in [0.1, 0.15) is 0 Å². The summed E-state index contributed by atoms with van der Waals surface area (Å²) in [5.41, 5.74) is 6.17. The third-order valence-corrected chi connectivity index (χ3v) is 9.02. The number of likely N-dealkylation sites (tertiary alicyclic amines) is 1. The van der Waals surface area contributed by atoms with Crippen molar-refractivity contribution < 1.29 is 49.4 Å². The number of carbonyl (C=O) groups is 1. The van der Waals surface area contributed by atoms with E-state index >= 15 is 0 Å². The molecule has 2 saturated heterocycles. The highest BCUT2D eigenvalue weighted by Crippen LogP contribution is 2.32. The van der Waals surface area contributed by atoms with E-state index in [0.717, 1.165) is 30.6 Å². The molecule has 0 bridgehead atoms. The Bertz CT molecular complexity index is 1630. The smallest absolute Gasteiger partial charge is 0.475 e. The van der Waals surface area contributed by atoms with E-state index in [2.05, 4.69) is 24.7 Å². The number of aromatic nitrogens is 4. The number of nitrogens with one attached hydrogen (secondary N) is 1. The number of sulfonamides is 1. The number of hydrogen-bond acceptors (Lipinski definition) is 9. The largest absolute Gasteiger partial charge is 0.490 e. The molecule has 4 heterocycles. The molecule has 4 N–H and O–H groups in total. The summed E-state index contributed by atoms with van der Waals surface area (Å²) in [6, 6.07) is 4.87. The molecule has 5 rings (SSSR count). The van der Waals surface area contributed by atoms with Crippen molar-refractivity contribution in [3.8, 4) is 11.3 Å². The van der Waals surface area contributed by atoms with Gasteiger partial charge in [-0.15, -0.1) is 5.10 Å². The fourth-order valence-corrected chi connectivity index (χ4v) is 6.42. The summed E-state index contributed by atoms with van der Waals surface area (Å²) in [5.74, 6) is -4.60. The number of piperidine rings is 1. The van der Waals surface area contributed by atoms with Crippen LogP contribution in [-0.4, -0.2) is 88.0 Å². The molecule has 0 aliphatic carbocycles. The van der Waals surface area contributed by atoms with Crippen LogP contribution in [0, 0.1) is 6.92 Å². The van der Waals surface area contributed by atoms with Crippen molar-refractivity contribution in [3.63, 3.8) is 0 Å². The molecule has 1 atom stereocenters. The van der Waals surface area contributed by atoms with Crippen LogP contribution in [0.5, 0.6) is 0 Å². The molecule has 2 aliphatic heterocycles. The molecule has 2 aliphatic rings. The average Bonchev–Trinajstić information content (AvgIpc) is 3.59. The van der Waals surface area contributed by atoms with Crippen LogP contribution >= 0.6 is 0 Å². The minimum Gasteiger partial charge on any atom is -0.475 e. The summed E-state index contributed by atoms with van der Waals surface area (Å²) in [6.45, 7) is 6.60. The monoisotopic (exact) mass is 653 g/mol. The number of hydrogen-bond donors (Lipinski definition) is 3. The van der Waals surface area contributed by atoms with Gasteiger partial charge in [0.05, 0.1) is 23.4 Å². The number of fused-ring (bicyclic) bond motifs is 1. The molecule has 44 heavy (non-hydrogen) atoms. The SMILES string of the molecule is Cc1ccc(S(=O)(=O)NC2(C)CCN(C3CCOC3)CC2)cc1-c1cnc2c(N)nc(C(F)(F)F)nn12.O=C(O)C(F)(F)F. The first-order chi connectivity index (χ1) is 20.3. The number of nitrogen functional groups attached to an aromatic ring is 1. The highest BCUT2D eigenvalue weighted by atomic mass is 32.2. The number of benzene rings is 1. The third-order valence-electron chi connectivity index (χ3n) is 7.38. The number of ether oxygens (including phenoxy) is 1. The van der Waals surface area contributed by atoms with Crippen LogP contribution in [0.25, 0.3) is 16.9 Å². The Morgan fingerprint density at radius 2 is 1.82 bits per heavy atom. The van der Waals surface area contributed by atoms with Crippen molar-refractivity contribution in [3.05, 3.63) is 35.8 Å². The van der Waals surface area contributed by atoms with Gasteiger partial charge in [-0.3, -0.25) is 4.90 Å². The van der Waals surface area contributed by atoms with Crippen LogP contribution in [0.15, 0.2) is 29.3 Å². The number of carboxylic acid groups (broad SMARTS) is 1. The Labute approximate surface area is 247 Å². The first-order valence-electron chi connectivity index (χ1n) is 13.2. The Morgan fingerprint density at radius 1 is 1.18 bits per heavy atom. The molecule has 0 amide bonds. The van der Waals surface area contributed by atoms with Gasteiger partial charge in [-0.2, -0.15) is 26.3 Å². The normalized spacial score (nSPS) is 19.5. The fraction of sp³-hybridized carbons (Fsp3) is 0.520. The lowest BCUT2D eigenvalue weighted by Gasteiger charge is -2.41. The highest BCUT2D eigenvalue weighted by Gasteiger charge is 2.39. The van der Waals surface area contributed by atoms with Gasteiger partial charge in [0, 0.05) is 36.8 Å². The van der Waals surface area contributed by atoms with Crippen molar-refractivity contribution in [2.24, 2.45) is 0 Å². The molecule has 2 aromatic heterocycles. The van der Waals surface area contributed by atoms with E-state index in [-0.39, 0.29) is 16.2 Å². The molecule has 3 aromatic rings. The number of rotatable bonds is 5. The molecular weight excluding hydrogens is 624 g/mol. The van der Waals surface area contributed by atoms with Crippen molar-refractivity contribution >= 4 is 27.5 Å². The van der Waals surface area contributed by atoms with Crippen molar-refractivity contribution in [2.75, 3.05) is 32.0 Å². The topological polar surface area (TPSA) is 165 Å². The van der Waals surface area contributed by atoms with Crippen LogP contribution in [0.4, 0.5) is 32.2 Å². The van der Waals surface area contributed by atoms with Crippen LogP contribution in [0.1, 0.15) is 37.6 Å². The van der Waals surface area contributed by atoms with Gasteiger partial charge in [-0.05, 0) is 50.8 Å². The number of nitrogens with two attached hydrogens (primary N) is 1. The summed E-state index contributed by atoms with van der Waals surface area (Å²) in [4.78, 5) is 18.6. The van der Waals surface area contributed by atoms with Gasteiger partial charge < -0.3 is 15.6 Å². The van der Waals surface area contributed by atoms with Gasteiger partial charge in [-0.1, -0.05) is 6.07 Å². The minimum atomic E-state index is -5.08. The number of anilines is 1.